The fourth-order valence-corrected chi connectivity index (χ4v) is 3.68. The van der Waals surface area contributed by atoms with Crippen LogP contribution < -0.4 is 14.5 Å². The molecule has 2 aromatic carbocycles. The largest absolute Gasteiger partial charge is 0.491 e. The van der Waals surface area contributed by atoms with E-state index in [-0.39, 0.29) is 5.41 Å². The van der Waals surface area contributed by atoms with Crippen molar-refractivity contribution in [2.75, 3.05) is 44.2 Å². The third-order valence-electron chi connectivity index (χ3n) is 5.56. The summed E-state index contributed by atoms with van der Waals surface area (Å²) >= 11 is 0. The Morgan fingerprint density at radius 1 is 1.00 bits per heavy atom. The average molecular weight is 384 g/mol. The van der Waals surface area contributed by atoms with Crippen molar-refractivity contribution < 1.29 is 14.7 Å². The van der Waals surface area contributed by atoms with Crippen molar-refractivity contribution in [3.8, 4) is 5.75 Å². The predicted molar refractivity (Wildman–Crippen MR) is 116 cm³/mol. The first-order valence-electron chi connectivity index (χ1n) is 10.4. The van der Waals surface area contributed by atoms with Gasteiger partial charge < -0.3 is 19.6 Å². The number of aliphatic hydroxyl groups is 1. The van der Waals surface area contributed by atoms with Crippen LogP contribution in [0.1, 0.15) is 31.9 Å². The van der Waals surface area contributed by atoms with Crippen LogP contribution in [-0.2, 0) is 5.41 Å². The van der Waals surface area contributed by atoms with Crippen LogP contribution in [0, 0.1) is 6.92 Å². The van der Waals surface area contributed by atoms with Gasteiger partial charge in [0.1, 0.15) is 25.0 Å². The van der Waals surface area contributed by atoms with Crippen molar-refractivity contribution in [2.45, 2.75) is 39.2 Å². The number of aryl methyl sites for hydroxylation is 1. The molecule has 0 amide bonds. The molecule has 28 heavy (non-hydrogen) atoms. The molecule has 0 bridgehead atoms. The molecule has 4 heteroatoms. The highest BCUT2D eigenvalue weighted by Crippen LogP contribution is 2.24. The van der Waals surface area contributed by atoms with Gasteiger partial charge in [-0.05, 0) is 42.2 Å². The van der Waals surface area contributed by atoms with E-state index in [1.54, 1.807) is 0 Å². The minimum Gasteiger partial charge on any atom is -0.491 e. The molecule has 2 aromatic rings. The van der Waals surface area contributed by atoms with Gasteiger partial charge in [0.25, 0.3) is 0 Å². The second-order valence-corrected chi connectivity index (χ2v) is 9.02. The van der Waals surface area contributed by atoms with Gasteiger partial charge in [-0.15, -0.1) is 0 Å². The number of anilines is 1. The number of nitrogens with zero attached hydrogens (tertiary/aromatic N) is 1. The maximum atomic E-state index is 10.4. The van der Waals surface area contributed by atoms with Crippen LogP contribution in [0.5, 0.6) is 5.75 Å². The first-order valence-corrected chi connectivity index (χ1v) is 10.4. The number of hydrogen-bond donors (Lipinski definition) is 2. The average Bonchev–Trinajstić information content (AvgIpc) is 2.67. The van der Waals surface area contributed by atoms with Crippen LogP contribution in [0.4, 0.5) is 5.69 Å². The molecule has 0 aliphatic carbocycles. The summed E-state index contributed by atoms with van der Waals surface area (Å²) < 4.78 is 5.80. The van der Waals surface area contributed by atoms with Gasteiger partial charge in [0, 0.05) is 5.69 Å². The van der Waals surface area contributed by atoms with Crippen LogP contribution in [0.15, 0.2) is 48.5 Å². The Morgan fingerprint density at radius 3 is 2.18 bits per heavy atom. The van der Waals surface area contributed by atoms with Gasteiger partial charge in [-0.2, -0.15) is 0 Å². The number of hydrogen-bond acceptors (Lipinski definition) is 3. The Bertz CT molecular complexity index is 727. The summed E-state index contributed by atoms with van der Waals surface area (Å²) in [7, 11) is 0. The lowest BCUT2D eigenvalue weighted by molar-refractivity contribution is -0.903. The molecule has 1 aliphatic rings. The summed E-state index contributed by atoms with van der Waals surface area (Å²) in [6.45, 7) is 14.0. The van der Waals surface area contributed by atoms with E-state index in [1.807, 2.05) is 12.1 Å². The van der Waals surface area contributed by atoms with E-state index < -0.39 is 6.10 Å². The van der Waals surface area contributed by atoms with Crippen LogP contribution in [0.2, 0.25) is 0 Å². The van der Waals surface area contributed by atoms with Crippen LogP contribution in [-0.4, -0.2) is 50.5 Å². The van der Waals surface area contributed by atoms with Gasteiger partial charge in [-0.3, -0.25) is 0 Å². The Kier molecular flexibility index (Phi) is 6.63. The Labute approximate surface area is 169 Å². The topological polar surface area (TPSA) is 37.1 Å². The molecule has 1 aliphatic heterocycles. The highest BCUT2D eigenvalue weighted by molar-refractivity contribution is 5.47. The molecule has 4 nitrogen and oxygen atoms in total. The molecule has 2 N–H and O–H groups in total. The number of rotatable bonds is 6. The molecule has 1 fully saturated rings. The second kappa shape index (κ2) is 8.97. The zero-order valence-electron chi connectivity index (χ0n) is 17.7. The van der Waals surface area contributed by atoms with Gasteiger partial charge in [-0.1, -0.05) is 50.6 Å². The number of quaternary nitrogens is 1. The van der Waals surface area contributed by atoms with Gasteiger partial charge in [0.15, 0.2) is 0 Å². The molecule has 0 unspecified atom stereocenters. The molecule has 1 saturated heterocycles. The first kappa shape index (κ1) is 20.7. The second-order valence-electron chi connectivity index (χ2n) is 9.02. The van der Waals surface area contributed by atoms with Crippen molar-refractivity contribution in [1.82, 2.24) is 0 Å². The Morgan fingerprint density at radius 2 is 1.61 bits per heavy atom. The van der Waals surface area contributed by atoms with Crippen molar-refractivity contribution in [3.63, 3.8) is 0 Å². The molecular weight excluding hydrogens is 348 g/mol. The van der Waals surface area contributed by atoms with Crippen molar-refractivity contribution >= 4 is 5.69 Å². The Hall–Kier alpha value is -2.04. The first-order chi connectivity index (χ1) is 13.3. The van der Waals surface area contributed by atoms with Gasteiger partial charge in [0.2, 0.25) is 0 Å². The van der Waals surface area contributed by atoms with Crippen LogP contribution >= 0.6 is 0 Å². The van der Waals surface area contributed by atoms with E-state index >= 15 is 0 Å². The van der Waals surface area contributed by atoms with Crippen LogP contribution in [0.3, 0.4) is 0 Å². The normalized spacial score (nSPS) is 16.8. The number of nitrogens with one attached hydrogen (secondary N) is 1. The third-order valence-corrected chi connectivity index (χ3v) is 5.56. The minimum absolute atomic E-state index is 0.141. The van der Waals surface area contributed by atoms with E-state index in [9.17, 15) is 5.11 Å². The summed E-state index contributed by atoms with van der Waals surface area (Å²) in [5.41, 5.74) is 4.02. The zero-order valence-corrected chi connectivity index (χ0v) is 17.7. The minimum atomic E-state index is -0.441. The summed E-state index contributed by atoms with van der Waals surface area (Å²) in [4.78, 5) is 3.88. The van der Waals surface area contributed by atoms with Crippen molar-refractivity contribution in [2.24, 2.45) is 0 Å². The fraction of sp³-hybridized carbons (Fsp3) is 0.500. The van der Waals surface area contributed by atoms with E-state index in [4.69, 9.17) is 4.74 Å². The Balaban J connectivity index is 1.41. The van der Waals surface area contributed by atoms with E-state index in [0.717, 1.165) is 38.5 Å². The predicted octanol–water partition coefficient (Wildman–Crippen LogP) is 2.44. The third kappa shape index (κ3) is 5.73. The number of benzene rings is 2. The molecule has 0 saturated carbocycles. The molecule has 3 rings (SSSR count). The molecule has 1 heterocycles. The fourth-order valence-electron chi connectivity index (χ4n) is 3.68. The molecule has 152 valence electrons. The molecular formula is C24H35N2O2+. The molecule has 0 aromatic heterocycles. The number of ether oxygens (including phenoxy) is 1. The zero-order chi connectivity index (χ0) is 20.1. The highest BCUT2D eigenvalue weighted by Gasteiger charge is 2.23. The summed E-state index contributed by atoms with van der Waals surface area (Å²) in [6.07, 6.45) is -0.441. The van der Waals surface area contributed by atoms with Gasteiger partial charge in [0.05, 0.1) is 26.2 Å². The molecule has 0 spiro atoms. The van der Waals surface area contributed by atoms with E-state index in [0.29, 0.717) is 6.61 Å². The van der Waals surface area contributed by atoms with Crippen molar-refractivity contribution in [3.05, 3.63) is 59.7 Å². The molecule has 0 radical (unpaired) electrons. The maximum Gasteiger partial charge on any atom is 0.137 e. The number of piperazine rings is 1. The monoisotopic (exact) mass is 383 g/mol. The smallest absolute Gasteiger partial charge is 0.137 e. The number of aliphatic hydroxyl groups excluding tert-OH is 1. The van der Waals surface area contributed by atoms with Gasteiger partial charge >= 0.3 is 0 Å². The lowest BCUT2D eigenvalue weighted by Crippen LogP contribution is -3.16. The van der Waals surface area contributed by atoms with Crippen LogP contribution in [0.25, 0.3) is 0 Å². The highest BCUT2D eigenvalue weighted by atomic mass is 16.5. The van der Waals surface area contributed by atoms with Gasteiger partial charge in [-0.25, -0.2) is 0 Å². The summed E-state index contributed by atoms with van der Waals surface area (Å²) in [5.74, 6) is 0.825. The summed E-state index contributed by atoms with van der Waals surface area (Å²) in [6, 6.07) is 17.0. The molecule has 1 atom stereocenters. The quantitative estimate of drug-likeness (QED) is 0.805. The lowest BCUT2D eigenvalue weighted by atomic mass is 9.87. The SMILES string of the molecule is Cc1ccc(N2CC[NH+](C[C@@H](O)COc3ccc(C(C)(C)C)cc3)CC2)cc1. The van der Waals surface area contributed by atoms with E-state index in [2.05, 4.69) is 69.0 Å². The van der Waals surface area contributed by atoms with E-state index in [1.165, 1.54) is 21.7 Å². The standard InChI is InChI=1S/C24H34N2O2/c1-19-5-9-21(10-6-19)26-15-13-25(14-16-26)17-22(27)18-28-23-11-7-20(8-12-23)24(2,3)4/h5-12,22,27H,13-18H2,1-4H3/p+1/t22-/m1/s1. The van der Waals surface area contributed by atoms with Crippen molar-refractivity contribution in [1.29, 1.82) is 0 Å². The summed E-state index contributed by atoms with van der Waals surface area (Å²) in [5, 5.41) is 10.4. The lowest BCUT2D eigenvalue weighted by Gasteiger charge is -2.34. The maximum absolute atomic E-state index is 10.4.